The molecule has 12 heteroatoms. The fraction of sp³-hybridized carbons (Fsp3) is 0.567. The van der Waals surface area contributed by atoms with Crippen molar-refractivity contribution in [2.45, 2.75) is 62.0 Å². The van der Waals surface area contributed by atoms with Gasteiger partial charge in [0.05, 0.1) is 39.5 Å². The maximum Gasteiger partial charge on any atom is 0.310 e. The highest BCUT2D eigenvalue weighted by Gasteiger charge is 2.55. The van der Waals surface area contributed by atoms with Crippen LogP contribution in [-0.4, -0.2) is 92.3 Å². The molecule has 5 aliphatic rings. The second kappa shape index (κ2) is 10.5. The van der Waals surface area contributed by atoms with Crippen molar-refractivity contribution in [1.29, 1.82) is 0 Å². The van der Waals surface area contributed by atoms with Crippen LogP contribution in [-0.2, 0) is 23.7 Å². The summed E-state index contributed by atoms with van der Waals surface area (Å²) in [4.78, 5) is 13.4. The van der Waals surface area contributed by atoms with Gasteiger partial charge in [-0.25, -0.2) is 0 Å². The minimum atomic E-state index is -1.21. The molecule has 0 amide bonds. The zero-order chi connectivity index (χ0) is 29.3. The number of cyclic esters (lactones) is 1. The number of carbonyl (C=O) groups excluding carboxylic acids is 1. The third-order valence-corrected chi connectivity index (χ3v) is 9.32. The van der Waals surface area contributed by atoms with Crippen LogP contribution in [0.3, 0.4) is 0 Å². The van der Waals surface area contributed by atoms with Gasteiger partial charge in [-0.3, -0.25) is 4.79 Å². The van der Waals surface area contributed by atoms with E-state index in [9.17, 15) is 20.1 Å². The maximum atomic E-state index is 13.4. The van der Waals surface area contributed by atoms with Gasteiger partial charge in [-0.05, 0) is 60.2 Å². The lowest BCUT2D eigenvalue weighted by Crippen LogP contribution is -2.62. The Hall–Kier alpha value is -3.29. The summed E-state index contributed by atoms with van der Waals surface area (Å²) >= 11 is 0. The monoisotopic (exact) mass is 586 g/mol. The lowest BCUT2D eigenvalue weighted by atomic mass is 9.61. The summed E-state index contributed by atoms with van der Waals surface area (Å²) in [5.74, 6) is -0.590. The number of hydrogen-bond acceptors (Lipinski definition) is 12. The van der Waals surface area contributed by atoms with E-state index in [1.165, 1.54) is 14.2 Å². The Morgan fingerprint density at radius 3 is 2.29 bits per heavy atom. The number of aromatic hydroxyl groups is 1. The van der Waals surface area contributed by atoms with Gasteiger partial charge in [-0.1, -0.05) is 0 Å². The van der Waals surface area contributed by atoms with Crippen LogP contribution < -0.4 is 18.9 Å². The van der Waals surface area contributed by atoms with E-state index in [-0.39, 0.29) is 55.1 Å². The molecule has 7 rings (SSSR count). The van der Waals surface area contributed by atoms with Crippen molar-refractivity contribution >= 4 is 5.97 Å². The fourth-order valence-corrected chi connectivity index (χ4v) is 7.33. The number of rotatable bonds is 5. The van der Waals surface area contributed by atoms with Crippen LogP contribution in [0.25, 0.3) is 0 Å². The first-order chi connectivity index (χ1) is 20.3. The molecule has 3 fully saturated rings. The van der Waals surface area contributed by atoms with Gasteiger partial charge >= 0.3 is 5.97 Å². The predicted octanol–water partition coefficient (Wildman–Crippen LogP) is 1.80. The SMILES string of the molecule is COc1cc([C@@H]2c3cc4c(cc3[C@@H](CC3OC5COC(C)OC5C(O)C3O)[C@H]3COC(=O)[C@H]23)OCO4)cc(OC)c1O. The largest absolute Gasteiger partial charge is 0.502 e. The molecule has 2 aromatic rings. The van der Waals surface area contributed by atoms with E-state index in [2.05, 4.69) is 0 Å². The van der Waals surface area contributed by atoms with Gasteiger partial charge in [0, 0.05) is 11.8 Å². The Kier molecular flexibility index (Phi) is 6.86. The normalized spacial score (nSPS) is 36.5. The molecule has 42 heavy (non-hydrogen) atoms. The lowest BCUT2D eigenvalue weighted by Gasteiger charge is -2.48. The van der Waals surface area contributed by atoms with Crippen molar-refractivity contribution < 1.29 is 58.0 Å². The van der Waals surface area contributed by atoms with E-state index in [4.69, 9.17) is 37.9 Å². The molecule has 6 unspecified atom stereocenters. The number of fused-ring (bicyclic) bond motifs is 4. The van der Waals surface area contributed by atoms with Gasteiger partial charge in [0.15, 0.2) is 29.3 Å². The molecule has 0 spiro atoms. The summed E-state index contributed by atoms with van der Waals surface area (Å²) in [6.07, 6.45) is -4.61. The van der Waals surface area contributed by atoms with Crippen LogP contribution in [0.1, 0.15) is 41.9 Å². The Morgan fingerprint density at radius 1 is 0.905 bits per heavy atom. The summed E-state index contributed by atoms with van der Waals surface area (Å²) in [6.45, 7) is 2.21. The van der Waals surface area contributed by atoms with Crippen LogP contribution in [0, 0.1) is 11.8 Å². The molecule has 0 aromatic heterocycles. The Morgan fingerprint density at radius 2 is 1.60 bits per heavy atom. The van der Waals surface area contributed by atoms with Crippen molar-refractivity contribution in [2.75, 3.05) is 34.2 Å². The highest BCUT2D eigenvalue weighted by Crippen LogP contribution is 2.57. The molecule has 3 N–H and O–H groups in total. The van der Waals surface area contributed by atoms with Gasteiger partial charge < -0.3 is 53.2 Å². The first-order valence-corrected chi connectivity index (χ1v) is 14.1. The minimum absolute atomic E-state index is 0.0709. The zero-order valence-electron chi connectivity index (χ0n) is 23.4. The average molecular weight is 587 g/mol. The summed E-state index contributed by atoms with van der Waals surface area (Å²) in [6, 6.07) is 7.21. The minimum Gasteiger partial charge on any atom is -0.502 e. The quantitative estimate of drug-likeness (QED) is 0.438. The van der Waals surface area contributed by atoms with Crippen molar-refractivity contribution in [1.82, 2.24) is 0 Å². The fourth-order valence-electron chi connectivity index (χ4n) is 7.33. The number of aliphatic hydroxyl groups is 2. The smallest absolute Gasteiger partial charge is 0.310 e. The third kappa shape index (κ3) is 4.27. The maximum absolute atomic E-state index is 13.4. The number of phenolic OH excluding ortho intramolecular Hbond substituents is 1. The molecular weight excluding hydrogens is 552 g/mol. The molecular formula is C30H34O12. The number of phenols is 1. The average Bonchev–Trinajstić information content (AvgIpc) is 3.61. The van der Waals surface area contributed by atoms with E-state index < -0.39 is 48.6 Å². The number of methoxy groups -OCH3 is 2. The molecule has 0 saturated carbocycles. The molecule has 10 atom stereocenters. The molecule has 226 valence electrons. The van der Waals surface area contributed by atoms with E-state index in [1.807, 2.05) is 12.1 Å². The Bertz CT molecular complexity index is 1350. The predicted molar refractivity (Wildman–Crippen MR) is 142 cm³/mol. The second-order valence-corrected chi connectivity index (χ2v) is 11.4. The number of hydrogen-bond donors (Lipinski definition) is 3. The van der Waals surface area contributed by atoms with Crippen molar-refractivity contribution in [3.05, 3.63) is 41.0 Å². The molecule has 4 heterocycles. The summed E-state index contributed by atoms with van der Waals surface area (Å²) in [5.41, 5.74) is 2.42. The number of esters is 1. The van der Waals surface area contributed by atoms with Crippen LogP contribution >= 0.6 is 0 Å². The Balaban J connectivity index is 1.32. The van der Waals surface area contributed by atoms with Crippen LogP contribution in [0.4, 0.5) is 0 Å². The van der Waals surface area contributed by atoms with Gasteiger partial charge in [-0.2, -0.15) is 0 Å². The van der Waals surface area contributed by atoms with Crippen LogP contribution in [0.15, 0.2) is 24.3 Å². The number of aliphatic hydroxyl groups excluding tert-OH is 2. The lowest BCUT2D eigenvalue weighted by molar-refractivity contribution is -0.321. The number of benzene rings is 2. The van der Waals surface area contributed by atoms with Gasteiger partial charge in [0.25, 0.3) is 0 Å². The highest BCUT2D eigenvalue weighted by molar-refractivity contribution is 5.79. The number of carbonyl (C=O) groups is 1. The standard InChI is InChI=1S/C30H34O12/c1-12-37-10-23-29(41-12)28(33)27(32)22(42-23)7-15-14-6-18-19(40-11-39-18)8-16(14)24(25-17(15)9-38-30(25)34)13-4-20(35-2)26(31)21(5-13)36-3/h4-6,8,12,15,17,22-25,27-29,31-33H,7,9-11H2,1-3H3/t12?,15-,17-,22?,23?,24-,25+,27?,28?,29?/m1/s1. The summed E-state index contributed by atoms with van der Waals surface area (Å²) in [5, 5.41) is 32.7. The van der Waals surface area contributed by atoms with Crippen molar-refractivity contribution in [2.24, 2.45) is 11.8 Å². The van der Waals surface area contributed by atoms with Gasteiger partial charge in [-0.15, -0.1) is 0 Å². The molecule has 0 radical (unpaired) electrons. The first kappa shape index (κ1) is 27.5. The topological polar surface area (TPSA) is 152 Å². The molecule has 3 saturated heterocycles. The summed E-state index contributed by atoms with van der Waals surface area (Å²) < 4.78 is 45.6. The number of ether oxygens (including phenoxy) is 8. The molecule has 2 aromatic carbocycles. The second-order valence-electron chi connectivity index (χ2n) is 11.4. The summed E-state index contributed by atoms with van der Waals surface area (Å²) in [7, 11) is 2.90. The van der Waals surface area contributed by atoms with Crippen molar-refractivity contribution in [3.8, 4) is 28.7 Å². The van der Waals surface area contributed by atoms with E-state index >= 15 is 0 Å². The van der Waals surface area contributed by atoms with E-state index in [1.54, 1.807) is 19.1 Å². The van der Waals surface area contributed by atoms with E-state index in [0.717, 1.165) is 11.1 Å². The van der Waals surface area contributed by atoms with E-state index in [0.29, 0.717) is 23.5 Å². The highest BCUT2D eigenvalue weighted by atomic mass is 16.7. The van der Waals surface area contributed by atoms with Crippen molar-refractivity contribution in [3.63, 3.8) is 0 Å². The Labute approximate surface area is 241 Å². The van der Waals surface area contributed by atoms with Crippen LogP contribution in [0.2, 0.25) is 0 Å². The molecule has 4 aliphatic heterocycles. The zero-order valence-corrected chi connectivity index (χ0v) is 23.4. The molecule has 0 bridgehead atoms. The first-order valence-electron chi connectivity index (χ1n) is 14.1. The molecule has 1 aliphatic carbocycles. The third-order valence-electron chi connectivity index (χ3n) is 9.32. The van der Waals surface area contributed by atoms with Gasteiger partial charge in [0.1, 0.15) is 24.4 Å². The van der Waals surface area contributed by atoms with Gasteiger partial charge in [0.2, 0.25) is 12.5 Å². The van der Waals surface area contributed by atoms with Crippen LogP contribution in [0.5, 0.6) is 28.7 Å². The molecule has 12 nitrogen and oxygen atoms in total.